The predicted molar refractivity (Wildman–Crippen MR) is 99.1 cm³/mol. The third-order valence-corrected chi connectivity index (χ3v) is 3.78. The molecule has 0 bridgehead atoms. The van der Waals surface area contributed by atoms with Crippen LogP contribution in [0, 0.1) is 6.92 Å². The molecule has 3 aromatic rings. The van der Waals surface area contributed by atoms with Crippen molar-refractivity contribution in [1.29, 1.82) is 0 Å². The van der Waals surface area contributed by atoms with E-state index in [0.717, 1.165) is 16.8 Å². The van der Waals surface area contributed by atoms with E-state index in [4.69, 9.17) is 11.6 Å². The van der Waals surface area contributed by atoms with Gasteiger partial charge in [-0.2, -0.15) is 0 Å². The van der Waals surface area contributed by atoms with Crippen molar-refractivity contribution in [3.05, 3.63) is 82.6 Å². The highest BCUT2D eigenvalue weighted by Crippen LogP contribution is 2.14. The Hall–Kier alpha value is -2.92. The molecule has 0 saturated carbocycles. The monoisotopic (exact) mass is 352 g/mol. The fourth-order valence-corrected chi connectivity index (χ4v) is 2.40. The third-order valence-electron chi connectivity index (χ3n) is 3.53. The van der Waals surface area contributed by atoms with E-state index >= 15 is 0 Å². The number of carbonyl (C=O) groups is 1. The molecule has 0 aliphatic carbocycles. The average molecular weight is 353 g/mol. The maximum Gasteiger partial charge on any atom is 0.270 e. The Morgan fingerprint density at radius 2 is 1.92 bits per heavy atom. The van der Waals surface area contributed by atoms with Crippen LogP contribution < -0.4 is 10.6 Å². The normalized spacial score (nSPS) is 10.3. The number of halogens is 1. The molecule has 126 valence electrons. The molecule has 25 heavy (non-hydrogen) atoms. The van der Waals surface area contributed by atoms with Gasteiger partial charge in [0, 0.05) is 23.5 Å². The molecule has 0 unspecified atom stereocenters. The van der Waals surface area contributed by atoms with Crippen molar-refractivity contribution in [3.8, 4) is 0 Å². The Labute approximate surface area is 151 Å². The maximum atomic E-state index is 12.3. The van der Waals surface area contributed by atoms with Crippen LogP contribution in [0.5, 0.6) is 0 Å². The minimum atomic E-state index is -0.260. The summed E-state index contributed by atoms with van der Waals surface area (Å²) in [5, 5.41) is 6.60. The van der Waals surface area contributed by atoms with E-state index in [-0.39, 0.29) is 5.91 Å². The van der Waals surface area contributed by atoms with Crippen LogP contribution in [0.3, 0.4) is 0 Å². The Bertz CT molecular complexity index is 881. The number of hydrogen-bond acceptors (Lipinski definition) is 4. The zero-order chi connectivity index (χ0) is 17.6. The van der Waals surface area contributed by atoms with Gasteiger partial charge in [0.05, 0.1) is 0 Å². The number of amides is 1. The number of aryl methyl sites for hydroxylation is 1. The lowest BCUT2D eigenvalue weighted by molar-refractivity contribution is 0.0946. The number of carbonyl (C=O) groups excluding carboxylic acids is 1. The first kappa shape index (κ1) is 16.9. The van der Waals surface area contributed by atoms with Crippen molar-refractivity contribution in [2.75, 3.05) is 5.32 Å². The van der Waals surface area contributed by atoms with Crippen LogP contribution in [0.15, 0.2) is 60.8 Å². The third kappa shape index (κ3) is 4.78. The minimum Gasteiger partial charge on any atom is -0.347 e. The lowest BCUT2D eigenvalue weighted by Gasteiger charge is -2.08. The van der Waals surface area contributed by atoms with Crippen molar-refractivity contribution in [2.45, 2.75) is 13.5 Å². The molecule has 5 nitrogen and oxygen atoms in total. The van der Waals surface area contributed by atoms with Gasteiger partial charge in [-0.05, 0) is 48.4 Å². The van der Waals surface area contributed by atoms with Crippen LogP contribution in [0.2, 0.25) is 5.02 Å². The van der Waals surface area contributed by atoms with Crippen LogP contribution in [-0.4, -0.2) is 15.9 Å². The number of aromatic nitrogens is 2. The van der Waals surface area contributed by atoms with Crippen molar-refractivity contribution in [2.24, 2.45) is 0 Å². The lowest BCUT2D eigenvalue weighted by Crippen LogP contribution is -2.24. The molecule has 0 fully saturated rings. The summed E-state index contributed by atoms with van der Waals surface area (Å²) in [6.07, 6.45) is 1.56. The summed E-state index contributed by atoms with van der Waals surface area (Å²) in [7, 11) is 0. The molecule has 3 rings (SSSR count). The second kappa shape index (κ2) is 7.77. The van der Waals surface area contributed by atoms with Crippen molar-refractivity contribution in [1.82, 2.24) is 15.3 Å². The van der Waals surface area contributed by atoms with Crippen molar-refractivity contribution >= 4 is 29.1 Å². The first-order chi connectivity index (χ1) is 12.1. The number of rotatable bonds is 5. The van der Waals surface area contributed by atoms with Crippen LogP contribution in [-0.2, 0) is 6.54 Å². The van der Waals surface area contributed by atoms with E-state index < -0.39 is 0 Å². The van der Waals surface area contributed by atoms with E-state index in [2.05, 4.69) is 20.6 Å². The lowest BCUT2D eigenvalue weighted by atomic mass is 10.2. The number of benzene rings is 2. The van der Waals surface area contributed by atoms with Gasteiger partial charge in [0.1, 0.15) is 5.69 Å². The van der Waals surface area contributed by atoms with Gasteiger partial charge < -0.3 is 10.6 Å². The second-order valence-electron chi connectivity index (χ2n) is 5.57. The molecule has 0 radical (unpaired) electrons. The maximum absolute atomic E-state index is 12.3. The van der Waals surface area contributed by atoms with E-state index in [1.807, 2.05) is 43.3 Å². The molecule has 6 heteroatoms. The van der Waals surface area contributed by atoms with Gasteiger partial charge >= 0.3 is 0 Å². The quantitative estimate of drug-likeness (QED) is 0.725. The second-order valence-corrected chi connectivity index (χ2v) is 6.01. The summed E-state index contributed by atoms with van der Waals surface area (Å²) < 4.78 is 0. The molecular formula is C19H17ClN4O. The number of nitrogens with one attached hydrogen (secondary N) is 2. The molecule has 2 N–H and O–H groups in total. The molecule has 0 atom stereocenters. The van der Waals surface area contributed by atoms with Gasteiger partial charge in [-0.1, -0.05) is 35.9 Å². The molecular weight excluding hydrogens is 336 g/mol. The van der Waals surface area contributed by atoms with Gasteiger partial charge in [-0.3, -0.25) is 4.79 Å². The first-order valence-electron chi connectivity index (χ1n) is 7.79. The summed E-state index contributed by atoms with van der Waals surface area (Å²) in [5.41, 5.74) is 3.27. The Morgan fingerprint density at radius 1 is 1.12 bits per heavy atom. The predicted octanol–water partition coefficient (Wildman–Crippen LogP) is 4.11. The standard InChI is InChI=1S/C19H17ClN4O/c1-13-3-2-4-16(11-13)23-19-21-10-9-17(24-19)18(25)22-12-14-5-7-15(20)8-6-14/h2-11H,12H2,1H3,(H,22,25)(H,21,23,24). The van der Waals surface area contributed by atoms with Crippen LogP contribution in [0.25, 0.3) is 0 Å². The van der Waals surface area contributed by atoms with Gasteiger partial charge in [0.15, 0.2) is 0 Å². The Kier molecular flexibility index (Phi) is 5.26. The molecule has 1 aromatic heterocycles. The molecule has 0 saturated heterocycles. The van der Waals surface area contributed by atoms with Crippen LogP contribution in [0.4, 0.5) is 11.6 Å². The van der Waals surface area contributed by atoms with E-state index in [1.54, 1.807) is 24.4 Å². The first-order valence-corrected chi connectivity index (χ1v) is 8.17. The summed E-state index contributed by atoms with van der Waals surface area (Å²) in [4.78, 5) is 20.7. The van der Waals surface area contributed by atoms with Gasteiger partial charge in [-0.15, -0.1) is 0 Å². The van der Waals surface area contributed by atoms with Gasteiger partial charge in [0.2, 0.25) is 5.95 Å². The molecule has 0 aliphatic rings. The van der Waals surface area contributed by atoms with Crippen molar-refractivity contribution in [3.63, 3.8) is 0 Å². The van der Waals surface area contributed by atoms with Gasteiger partial charge in [-0.25, -0.2) is 9.97 Å². The highest BCUT2D eigenvalue weighted by Gasteiger charge is 2.09. The van der Waals surface area contributed by atoms with E-state index in [9.17, 15) is 4.79 Å². The Morgan fingerprint density at radius 3 is 2.68 bits per heavy atom. The Balaban J connectivity index is 1.65. The molecule has 1 heterocycles. The van der Waals surface area contributed by atoms with E-state index in [1.165, 1.54) is 0 Å². The minimum absolute atomic E-state index is 0.260. The topological polar surface area (TPSA) is 66.9 Å². The summed E-state index contributed by atoms with van der Waals surface area (Å²) in [5.74, 6) is 0.120. The molecule has 0 spiro atoms. The van der Waals surface area contributed by atoms with E-state index in [0.29, 0.717) is 23.2 Å². The summed E-state index contributed by atoms with van der Waals surface area (Å²) in [6, 6.07) is 16.8. The zero-order valence-electron chi connectivity index (χ0n) is 13.7. The SMILES string of the molecule is Cc1cccc(Nc2nccc(C(=O)NCc3ccc(Cl)cc3)n2)c1. The van der Waals surface area contributed by atoms with Crippen molar-refractivity contribution < 1.29 is 4.79 Å². The molecule has 1 amide bonds. The van der Waals surface area contributed by atoms with Crippen LogP contribution in [0.1, 0.15) is 21.6 Å². The number of anilines is 2. The largest absolute Gasteiger partial charge is 0.347 e. The summed E-state index contributed by atoms with van der Waals surface area (Å²) >= 11 is 5.85. The zero-order valence-corrected chi connectivity index (χ0v) is 14.4. The molecule has 2 aromatic carbocycles. The van der Waals surface area contributed by atoms with Crippen LogP contribution >= 0.6 is 11.6 Å². The van der Waals surface area contributed by atoms with Gasteiger partial charge in [0.25, 0.3) is 5.91 Å². The fraction of sp³-hybridized carbons (Fsp3) is 0.105. The highest BCUT2D eigenvalue weighted by molar-refractivity contribution is 6.30. The average Bonchev–Trinajstić information content (AvgIpc) is 2.61. The smallest absolute Gasteiger partial charge is 0.270 e. The number of hydrogen-bond donors (Lipinski definition) is 2. The molecule has 0 aliphatic heterocycles. The number of nitrogens with zero attached hydrogens (tertiary/aromatic N) is 2. The fourth-order valence-electron chi connectivity index (χ4n) is 2.27. The summed E-state index contributed by atoms with van der Waals surface area (Å²) in [6.45, 7) is 2.41. The highest BCUT2D eigenvalue weighted by atomic mass is 35.5.